The van der Waals surface area contributed by atoms with Gasteiger partial charge in [-0.25, -0.2) is 4.79 Å². The van der Waals surface area contributed by atoms with E-state index in [1.807, 2.05) is 149 Å². The number of nitrogens with zero attached hydrogens (tertiary/aromatic N) is 7. The second-order valence-corrected chi connectivity index (χ2v) is 36.9. The predicted octanol–water partition coefficient (Wildman–Crippen LogP) is 9.80. The van der Waals surface area contributed by atoms with Crippen LogP contribution < -0.4 is 31.9 Å². The van der Waals surface area contributed by atoms with Crippen molar-refractivity contribution in [2.75, 3.05) is 67.7 Å². The van der Waals surface area contributed by atoms with Gasteiger partial charge in [0.2, 0.25) is 70.9 Å². The molecule has 29 heteroatoms. The summed E-state index contributed by atoms with van der Waals surface area (Å²) in [6.45, 7) is 24.7. The van der Waals surface area contributed by atoms with E-state index in [4.69, 9.17) is 9.47 Å². The lowest BCUT2D eigenvalue weighted by Crippen LogP contribution is -2.63. The largest absolute Gasteiger partial charge is 0.444 e. The maximum atomic E-state index is 16.4. The average molecular weight is 1800 g/mol. The zero-order valence-corrected chi connectivity index (χ0v) is 79.8. The lowest BCUT2D eigenvalue weighted by molar-refractivity contribution is -0.151. The second-order valence-electron chi connectivity index (χ2n) is 36.4. The molecule has 6 aromatic rings. The van der Waals surface area contributed by atoms with Gasteiger partial charge in [0.1, 0.15) is 77.7 Å². The topological polar surface area (TPSA) is 335 Å². The number of likely N-dealkylation sites (N-methyl/N-ethyl adjacent to an activating group) is 6. The van der Waals surface area contributed by atoms with E-state index >= 15 is 38.4 Å². The molecule has 1 fully saturated rings. The highest BCUT2D eigenvalue weighted by Gasteiger charge is 2.47. The van der Waals surface area contributed by atoms with Crippen LogP contribution in [0.2, 0.25) is 0 Å². The molecule has 0 spiro atoms. The summed E-state index contributed by atoms with van der Waals surface area (Å²) in [6, 6.07) is 41.1. The summed E-state index contributed by atoms with van der Waals surface area (Å²) in [4.78, 5) is 203. The van der Waals surface area contributed by atoms with Crippen LogP contribution in [-0.2, 0) is 91.9 Å². The van der Waals surface area contributed by atoms with Crippen LogP contribution in [-0.4, -0.2) is 257 Å². The first-order valence-electron chi connectivity index (χ1n) is 45.0. The molecule has 6 aromatic carbocycles. The zero-order valence-electron chi connectivity index (χ0n) is 79.0. The monoisotopic (exact) mass is 1790 g/mol. The van der Waals surface area contributed by atoms with Crippen LogP contribution in [0.1, 0.15) is 169 Å². The Morgan fingerprint density at radius 2 is 0.814 bits per heavy atom. The van der Waals surface area contributed by atoms with Gasteiger partial charge < -0.3 is 70.8 Å². The van der Waals surface area contributed by atoms with Crippen LogP contribution in [0.15, 0.2) is 182 Å². The Balaban J connectivity index is 1.19. The second kappa shape index (κ2) is 49.4. The molecule has 0 bridgehead atoms. The van der Waals surface area contributed by atoms with Crippen molar-refractivity contribution < 1.29 is 71.8 Å². The first-order chi connectivity index (χ1) is 61.0. The number of benzene rings is 6. The van der Waals surface area contributed by atoms with E-state index in [0.29, 0.717) is 40.9 Å². The van der Waals surface area contributed by atoms with Crippen LogP contribution >= 0.6 is 12.6 Å². The Labute approximate surface area is 768 Å². The van der Waals surface area contributed by atoms with Crippen molar-refractivity contribution in [3.8, 4) is 0 Å². The highest BCUT2D eigenvalue weighted by molar-refractivity contribution is 7.80. The number of hydrogen-bond acceptors (Lipinski definition) is 16. The van der Waals surface area contributed by atoms with Gasteiger partial charge in [-0.15, -0.1) is 0 Å². The molecule has 0 aromatic heterocycles. The number of hydrogen-bond donors (Lipinski definition) is 7. The lowest BCUT2D eigenvalue weighted by atomic mass is 9.79. The molecular weight excluding hydrogens is 1660 g/mol. The zero-order chi connectivity index (χ0) is 95.3. The van der Waals surface area contributed by atoms with Crippen LogP contribution in [0, 0.1) is 23.7 Å². The molecule has 1 aliphatic heterocycles. The average Bonchev–Trinajstić information content (AvgIpc) is 0.747. The third-order valence-corrected chi connectivity index (χ3v) is 23.9. The quantitative estimate of drug-likeness (QED) is 0.0138. The van der Waals surface area contributed by atoms with Crippen molar-refractivity contribution in [1.82, 2.24) is 66.2 Å². The highest BCUT2D eigenvalue weighted by Crippen LogP contribution is 2.42. The number of nitrogens with one attached hydrogen (secondary N) is 6. The number of likely N-dealkylation sites (tertiary alicyclic amines) is 1. The number of thiol groups is 1. The van der Waals surface area contributed by atoms with E-state index in [0.717, 1.165) is 29.7 Å². The van der Waals surface area contributed by atoms with E-state index in [1.165, 1.54) is 73.7 Å². The molecule has 13 amide bonds. The molecule has 0 aliphatic carbocycles. The summed E-state index contributed by atoms with van der Waals surface area (Å²) in [5.41, 5.74) is 1.60. The Kier molecular flexibility index (Phi) is 40.0. The first-order valence-corrected chi connectivity index (χ1v) is 45.6. The highest BCUT2D eigenvalue weighted by atomic mass is 32.1. The van der Waals surface area contributed by atoms with Gasteiger partial charge in [0.15, 0.2) is 0 Å². The first kappa shape index (κ1) is 105. The molecule has 700 valence electrons. The van der Waals surface area contributed by atoms with Gasteiger partial charge >= 0.3 is 6.09 Å². The normalized spacial score (nSPS) is 15.1. The molecule has 0 radical (unpaired) electrons. The summed E-state index contributed by atoms with van der Waals surface area (Å²) in [6.07, 6.45) is 0.655. The number of ether oxygens (including phenoxy) is 2. The van der Waals surface area contributed by atoms with Crippen LogP contribution in [0.4, 0.5) is 4.79 Å². The number of piperidine rings is 1. The van der Waals surface area contributed by atoms with Gasteiger partial charge in [0.25, 0.3) is 0 Å². The van der Waals surface area contributed by atoms with E-state index in [-0.39, 0.29) is 62.0 Å². The van der Waals surface area contributed by atoms with Gasteiger partial charge in [0, 0.05) is 74.6 Å². The van der Waals surface area contributed by atoms with E-state index in [2.05, 4.69) is 44.5 Å². The minimum atomic E-state index is -1.67. The predicted molar refractivity (Wildman–Crippen MR) is 502 cm³/mol. The molecule has 6 N–H and O–H groups in total. The Morgan fingerprint density at radius 3 is 1.26 bits per heavy atom. The third kappa shape index (κ3) is 29.3. The number of carbonyl (C=O) groups excluding carboxylic acids is 13. The summed E-state index contributed by atoms with van der Waals surface area (Å²) < 4.78 is 13.1. The van der Waals surface area contributed by atoms with Crippen LogP contribution in [0.3, 0.4) is 0 Å². The SMILES string of the molecule is CC(C)C[C@@H](C(=O)N(C)[C@H](C(=O)N[C@@H](Cc1ccccc1)C(=O)N[C@@H](CCS)C(=O)N(C)[C@@H](Cc1ccccc1)C(=O)N[C@@H](C)C(=O)N1CCCCC1)C(C)C)N(C)C(=O)CNC(=O)[C@H](Cc1ccccc1)N(C)C(=O)[C@@H](NC(=O)[C@H](CC(C)C)N(C)C(=O)[C@@H](NC(=O)[C@H](C)N(C)C(=O)OC(C)(C)C)C(C)C)[C@@H](C)OC(c1ccccc1)(c1ccccc1)c1ccccc1. The number of amides is 13. The molecular formula is C100H139N13O15S. The van der Waals surface area contributed by atoms with Crippen molar-refractivity contribution in [1.29, 1.82) is 0 Å². The fourth-order valence-electron chi connectivity index (χ4n) is 16.2. The van der Waals surface area contributed by atoms with Gasteiger partial charge in [-0.2, -0.15) is 12.6 Å². The molecule has 1 heterocycles. The molecule has 1 aliphatic rings. The smallest absolute Gasteiger partial charge is 0.410 e. The maximum absolute atomic E-state index is 16.4. The molecule has 129 heavy (non-hydrogen) atoms. The molecule has 1 saturated heterocycles. The van der Waals surface area contributed by atoms with Crippen molar-refractivity contribution >= 4 is 89.6 Å². The van der Waals surface area contributed by atoms with Crippen LogP contribution in [0.25, 0.3) is 0 Å². The summed E-state index contributed by atoms with van der Waals surface area (Å²) in [7, 11) is 8.60. The van der Waals surface area contributed by atoms with Gasteiger partial charge in [-0.3, -0.25) is 62.4 Å². The summed E-state index contributed by atoms with van der Waals surface area (Å²) in [5.74, 6) is -9.52. The van der Waals surface area contributed by atoms with Gasteiger partial charge in [-0.1, -0.05) is 237 Å². The Hall–Kier alpha value is -11.5. The van der Waals surface area contributed by atoms with E-state index < -0.39 is 173 Å². The molecule has 7 rings (SSSR count). The third-order valence-electron chi connectivity index (χ3n) is 23.7. The molecule has 12 atom stereocenters. The fourth-order valence-corrected chi connectivity index (χ4v) is 16.4. The van der Waals surface area contributed by atoms with Crippen molar-refractivity contribution in [2.45, 2.75) is 238 Å². The van der Waals surface area contributed by atoms with E-state index in [9.17, 15) is 24.0 Å². The van der Waals surface area contributed by atoms with Crippen molar-refractivity contribution in [2.24, 2.45) is 23.7 Å². The minimum Gasteiger partial charge on any atom is -0.444 e. The van der Waals surface area contributed by atoms with Gasteiger partial charge in [0.05, 0.1) is 12.6 Å². The van der Waals surface area contributed by atoms with Gasteiger partial charge in [-0.05, 0) is 143 Å². The molecule has 28 nitrogen and oxygen atoms in total. The summed E-state index contributed by atoms with van der Waals surface area (Å²) in [5, 5.41) is 17.4. The number of rotatable bonds is 44. The molecule has 0 saturated carbocycles. The lowest BCUT2D eigenvalue weighted by Gasteiger charge is -2.41. The van der Waals surface area contributed by atoms with Crippen molar-refractivity contribution in [3.63, 3.8) is 0 Å². The fraction of sp³-hybridized carbons (Fsp3) is 0.510. The van der Waals surface area contributed by atoms with Crippen molar-refractivity contribution in [3.05, 3.63) is 215 Å². The number of carbonyl (C=O) groups is 13. The minimum absolute atomic E-state index is 0.00806. The molecule has 0 unspecified atom stereocenters. The summed E-state index contributed by atoms with van der Waals surface area (Å²) >= 11 is 4.50. The standard InChI is InChI=1S/C100H139N13O15S/c1-64(2)58-79(110(18)96(124)84(66(5)6)105-87(115)69(10)107(15)98(126)128-99(12,13)14)91(119)106-85(70(11)127-100(74-48-34-24-35-49-74,75-50-36-25-37-51-75)76-52-38-26-39-53-76)97(125)111(19)80(61-72-44-30-22-31-45-72)89(117)101-63-83(114)108(16)82(59-65(3)4)95(123)112(20)86(67(7)8)92(120)104-78(60-71-42-28-21-29-43-71)88(116)103-77(54-57-129)94(122)109(17)81(62-73-46-32-23-33-47-73)90(118)102-68(9)93(121)113-55-40-27-41-56-113/h21-26,28-39,42-53,64-70,77-82,84-86,129H,27,40-41,54-63H2,1-20H3,(H,101,117)(H,102,118)(H,103,116)(H,104,120)(H,105,115)(H,106,119)/t68-,69-,70+,77-,78-,79-,80-,81-,82-,84-,85-,86-/m0/s1. The van der Waals surface area contributed by atoms with Crippen LogP contribution in [0.5, 0.6) is 0 Å². The Bertz CT molecular complexity index is 4580. The van der Waals surface area contributed by atoms with E-state index in [1.54, 1.807) is 128 Å². The maximum Gasteiger partial charge on any atom is 0.410 e. The Morgan fingerprint density at radius 1 is 0.403 bits per heavy atom.